The summed E-state index contributed by atoms with van der Waals surface area (Å²) in [5.74, 6) is -2.70. The van der Waals surface area contributed by atoms with Gasteiger partial charge in [0.05, 0.1) is 5.57 Å². The van der Waals surface area contributed by atoms with E-state index in [1.165, 1.54) is 13.8 Å². The molecular weight excluding hydrogens is 512 g/mol. The molecule has 0 aliphatic carbocycles. The van der Waals surface area contributed by atoms with E-state index >= 15 is 0 Å². The molecule has 1 aliphatic rings. The highest BCUT2D eigenvalue weighted by molar-refractivity contribution is 5.96. The fourth-order valence-electron chi connectivity index (χ4n) is 2.98. The Labute approximate surface area is 199 Å². The monoisotopic (exact) mass is 534 g/mol. The predicted octanol–water partition coefficient (Wildman–Crippen LogP) is 3.17. The molecule has 0 saturated carbocycles. The maximum Gasteiger partial charge on any atom is 0.573 e. The van der Waals surface area contributed by atoms with Crippen molar-refractivity contribution in [1.82, 2.24) is 0 Å². The quantitative estimate of drug-likeness (QED) is 0.153. The van der Waals surface area contributed by atoms with Gasteiger partial charge < -0.3 is 23.7 Å². The standard InChI is InChI=1S/C20H22F6NO9/c1-3-11-6-13(36-20(24,25)26)7-12-8-14(16(19(21,22)23)35-15(11)12)17(28)31-9-32-18(29)34-10(2)4-5-33-27-30/h6-8,10,16,30H,3-5,9,27H2,1-2H3/q+1. The minimum atomic E-state index is -5.10. The fraction of sp³-hybridized carbons (Fsp3) is 0.500. The molecule has 0 fully saturated rings. The minimum absolute atomic E-state index is 0.00383. The van der Waals surface area contributed by atoms with Gasteiger partial charge in [-0.1, -0.05) is 12.6 Å². The summed E-state index contributed by atoms with van der Waals surface area (Å²) in [6.07, 6.45) is -14.2. The van der Waals surface area contributed by atoms with Crippen LogP contribution in [-0.4, -0.2) is 55.5 Å². The normalized spacial score (nSPS) is 16.2. The summed E-state index contributed by atoms with van der Waals surface area (Å²) in [6.45, 7) is 1.80. The summed E-state index contributed by atoms with van der Waals surface area (Å²) in [5, 5.41) is 8.38. The second-order valence-electron chi connectivity index (χ2n) is 7.18. The Balaban J connectivity index is 2.17. The number of fused-ring (bicyclic) bond motifs is 1. The molecule has 0 amide bonds. The number of nitrogens with two attached hydrogens (primary N) is 1. The summed E-state index contributed by atoms with van der Waals surface area (Å²) in [4.78, 5) is 28.5. The maximum absolute atomic E-state index is 13.6. The van der Waals surface area contributed by atoms with Crippen molar-refractivity contribution in [2.45, 2.75) is 51.4 Å². The van der Waals surface area contributed by atoms with Gasteiger partial charge in [0.15, 0.2) is 0 Å². The van der Waals surface area contributed by atoms with E-state index in [1.54, 1.807) is 0 Å². The maximum atomic E-state index is 13.6. The van der Waals surface area contributed by atoms with Crippen molar-refractivity contribution in [2.24, 2.45) is 0 Å². The van der Waals surface area contributed by atoms with Crippen molar-refractivity contribution in [3.63, 3.8) is 0 Å². The zero-order valence-corrected chi connectivity index (χ0v) is 18.8. The number of esters is 1. The van der Waals surface area contributed by atoms with Gasteiger partial charge in [0.1, 0.15) is 24.2 Å². The lowest BCUT2D eigenvalue weighted by Gasteiger charge is -2.29. The van der Waals surface area contributed by atoms with Gasteiger partial charge in [0.25, 0.3) is 0 Å². The van der Waals surface area contributed by atoms with Gasteiger partial charge in [-0.15, -0.1) is 13.2 Å². The molecule has 0 bridgehead atoms. The topological polar surface area (TPSA) is 126 Å². The summed E-state index contributed by atoms with van der Waals surface area (Å²) in [5.41, 5.74) is -0.956. The molecular formula is C20H22F6NO9+. The molecule has 1 aliphatic heterocycles. The number of ether oxygens (including phenoxy) is 5. The largest absolute Gasteiger partial charge is 0.573 e. The molecule has 1 aromatic rings. The Morgan fingerprint density at radius 2 is 1.86 bits per heavy atom. The van der Waals surface area contributed by atoms with E-state index in [-0.39, 0.29) is 36.3 Å². The highest BCUT2D eigenvalue weighted by Gasteiger charge is 2.49. The van der Waals surface area contributed by atoms with Gasteiger partial charge in [-0.3, -0.25) is 0 Å². The average Bonchev–Trinajstić information content (AvgIpc) is 2.75. The lowest BCUT2D eigenvalue weighted by atomic mass is 9.97. The van der Waals surface area contributed by atoms with Gasteiger partial charge in [-0.25, -0.2) is 9.59 Å². The van der Waals surface area contributed by atoms with Gasteiger partial charge in [-0.05, 0) is 37.1 Å². The molecule has 1 aromatic carbocycles. The lowest BCUT2D eigenvalue weighted by Crippen LogP contribution is -2.79. The van der Waals surface area contributed by atoms with E-state index in [2.05, 4.69) is 19.0 Å². The van der Waals surface area contributed by atoms with Gasteiger partial charge >= 0.3 is 24.7 Å². The Hall–Kier alpha value is -3.24. The number of rotatable bonds is 10. The lowest BCUT2D eigenvalue weighted by molar-refractivity contribution is -1.06. The first-order chi connectivity index (χ1) is 16.7. The second-order valence-corrected chi connectivity index (χ2v) is 7.18. The number of carbonyl (C=O) groups is 2. The van der Waals surface area contributed by atoms with E-state index < -0.39 is 55.0 Å². The molecule has 1 heterocycles. The average molecular weight is 534 g/mol. The first-order valence-corrected chi connectivity index (χ1v) is 10.2. The molecule has 2 rings (SSSR count). The molecule has 0 saturated heterocycles. The highest BCUT2D eigenvalue weighted by Crippen LogP contribution is 2.42. The van der Waals surface area contributed by atoms with Gasteiger partial charge in [0.2, 0.25) is 12.9 Å². The number of benzene rings is 1. The number of hydrogen-bond donors (Lipinski definition) is 2. The third-order valence-corrected chi connectivity index (χ3v) is 4.53. The SMILES string of the molecule is CCc1cc(OC(F)(F)F)cc2c1OC(C(F)(F)F)C(C(=O)OCOC(=O)OC(C)CCO[NH2+]O)=C2. The molecule has 10 nitrogen and oxygen atoms in total. The fourth-order valence-corrected chi connectivity index (χ4v) is 2.98. The molecule has 2 unspecified atom stereocenters. The summed E-state index contributed by atoms with van der Waals surface area (Å²) in [6, 6.07) is 1.64. The van der Waals surface area contributed by atoms with Gasteiger partial charge in [0, 0.05) is 12.0 Å². The molecule has 36 heavy (non-hydrogen) atoms. The smallest absolute Gasteiger partial charge is 0.475 e. The van der Waals surface area contributed by atoms with Crippen LogP contribution < -0.4 is 15.1 Å². The molecule has 3 N–H and O–H groups in total. The van der Waals surface area contributed by atoms with Crippen LogP contribution in [0.1, 0.15) is 31.4 Å². The number of alkyl halides is 6. The van der Waals surface area contributed by atoms with Crippen molar-refractivity contribution in [3.8, 4) is 11.5 Å². The van der Waals surface area contributed by atoms with Crippen LogP contribution >= 0.6 is 0 Å². The second kappa shape index (κ2) is 12.1. The van der Waals surface area contributed by atoms with Crippen LogP contribution in [0, 0.1) is 0 Å². The van der Waals surface area contributed by atoms with Crippen molar-refractivity contribution >= 4 is 18.2 Å². The van der Waals surface area contributed by atoms with Crippen LogP contribution in [0.3, 0.4) is 0 Å². The molecule has 0 radical (unpaired) electrons. The van der Waals surface area contributed by atoms with Crippen LogP contribution in [0.5, 0.6) is 11.5 Å². The molecule has 202 valence electrons. The third kappa shape index (κ3) is 8.46. The first-order valence-electron chi connectivity index (χ1n) is 10.2. The third-order valence-electron chi connectivity index (χ3n) is 4.53. The van der Waals surface area contributed by atoms with E-state index in [9.17, 15) is 35.9 Å². The number of halogens is 6. The first kappa shape index (κ1) is 29.0. The highest BCUT2D eigenvalue weighted by atomic mass is 19.4. The van der Waals surface area contributed by atoms with Crippen molar-refractivity contribution in [1.29, 1.82) is 0 Å². The van der Waals surface area contributed by atoms with Crippen LogP contribution in [0.25, 0.3) is 6.08 Å². The molecule has 0 spiro atoms. The zero-order chi connectivity index (χ0) is 27.1. The predicted molar refractivity (Wildman–Crippen MR) is 103 cm³/mol. The summed E-state index contributed by atoms with van der Waals surface area (Å²) >= 11 is 0. The van der Waals surface area contributed by atoms with Crippen LogP contribution in [0.2, 0.25) is 0 Å². The number of hydrogen-bond acceptors (Lipinski definition) is 9. The van der Waals surface area contributed by atoms with E-state index in [1.807, 2.05) is 0 Å². The Kier molecular flexibility index (Phi) is 9.77. The molecule has 2 atom stereocenters. The molecule has 16 heteroatoms. The van der Waals surface area contributed by atoms with Crippen molar-refractivity contribution < 1.29 is 75.3 Å². The number of carbonyl (C=O) groups excluding carboxylic acids is 2. The van der Waals surface area contributed by atoms with Crippen LogP contribution in [-0.2, 0) is 30.3 Å². The van der Waals surface area contributed by atoms with E-state index in [4.69, 9.17) is 14.7 Å². The summed E-state index contributed by atoms with van der Waals surface area (Å²) in [7, 11) is 0. The van der Waals surface area contributed by atoms with Crippen LogP contribution in [0.15, 0.2) is 17.7 Å². The van der Waals surface area contributed by atoms with E-state index in [0.717, 1.165) is 12.1 Å². The van der Waals surface area contributed by atoms with Crippen molar-refractivity contribution in [2.75, 3.05) is 13.4 Å². The Morgan fingerprint density at radius 1 is 1.17 bits per heavy atom. The summed E-state index contributed by atoms with van der Waals surface area (Å²) < 4.78 is 101. The van der Waals surface area contributed by atoms with Crippen LogP contribution in [0.4, 0.5) is 31.1 Å². The number of aryl methyl sites for hydroxylation is 1. The number of quaternary nitrogens is 1. The molecule has 0 aromatic heterocycles. The Bertz CT molecular complexity index is 964. The van der Waals surface area contributed by atoms with Crippen molar-refractivity contribution in [3.05, 3.63) is 28.8 Å². The van der Waals surface area contributed by atoms with Gasteiger partial charge in [-0.2, -0.15) is 23.2 Å². The van der Waals surface area contributed by atoms with E-state index in [0.29, 0.717) is 11.7 Å². The zero-order valence-electron chi connectivity index (χ0n) is 18.8. The Morgan fingerprint density at radius 3 is 2.44 bits per heavy atom. The minimum Gasteiger partial charge on any atom is -0.475 e.